The molecule has 1 fully saturated rings. The molecule has 1 aliphatic heterocycles. The lowest BCUT2D eigenvalue weighted by Gasteiger charge is -2.26. The zero-order valence-electron chi connectivity index (χ0n) is 19.3. The maximum absolute atomic E-state index is 12.7. The molecule has 0 saturated carbocycles. The Morgan fingerprint density at radius 3 is 2.34 bits per heavy atom. The number of carbonyl (C=O) groups is 1. The van der Waals surface area contributed by atoms with Gasteiger partial charge in [0.15, 0.2) is 0 Å². The number of amides is 1. The van der Waals surface area contributed by atoms with Crippen LogP contribution in [0.15, 0.2) is 59.1 Å². The van der Waals surface area contributed by atoms with Gasteiger partial charge in [-0.3, -0.25) is 4.90 Å². The SMILES string of the molecule is C1CO1.Cc1cccc2c(OCc3ccccc3)cc(N(C)C(=O)OC(C)(C)C)c(Br)c12. The second kappa shape index (κ2) is 10.4. The van der Waals surface area contributed by atoms with E-state index >= 15 is 0 Å². The largest absolute Gasteiger partial charge is 0.488 e. The number of rotatable bonds is 4. The summed E-state index contributed by atoms with van der Waals surface area (Å²) in [7, 11) is 1.71. The first-order valence-corrected chi connectivity index (χ1v) is 11.4. The van der Waals surface area contributed by atoms with E-state index in [4.69, 9.17) is 9.47 Å². The zero-order valence-corrected chi connectivity index (χ0v) is 20.9. The molecule has 4 rings (SSSR count). The molecule has 0 aliphatic carbocycles. The molecule has 3 aromatic rings. The molecule has 1 amide bonds. The van der Waals surface area contributed by atoms with Gasteiger partial charge in [0.25, 0.3) is 0 Å². The predicted octanol–water partition coefficient (Wildman–Crippen LogP) is 6.88. The van der Waals surface area contributed by atoms with Crippen molar-refractivity contribution in [3.8, 4) is 5.75 Å². The third kappa shape index (κ3) is 6.47. The number of hydrogen-bond acceptors (Lipinski definition) is 4. The van der Waals surface area contributed by atoms with E-state index < -0.39 is 11.7 Å². The highest BCUT2D eigenvalue weighted by atomic mass is 79.9. The van der Waals surface area contributed by atoms with Crippen LogP contribution in [0.1, 0.15) is 31.9 Å². The Bertz CT molecular complexity index is 1070. The molecule has 1 heterocycles. The fourth-order valence-corrected chi connectivity index (χ4v) is 3.99. The van der Waals surface area contributed by atoms with Gasteiger partial charge in [-0.1, -0.05) is 48.5 Å². The molecular formula is C26H30BrNO4. The topological polar surface area (TPSA) is 51.3 Å². The average molecular weight is 500 g/mol. The number of fused-ring (bicyclic) bond motifs is 1. The summed E-state index contributed by atoms with van der Waals surface area (Å²) in [6.45, 7) is 10.1. The van der Waals surface area contributed by atoms with Crippen molar-refractivity contribution in [2.24, 2.45) is 0 Å². The maximum Gasteiger partial charge on any atom is 0.414 e. The number of anilines is 1. The van der Waals surface area contributed by atoms with Gasteiger partial charge in [0, 0.05) is 28.4 Å². The summed E-state index contributed by atoms with van der Waals surface area (Å²) < 4.78 is 17.1. The predicted molar refractivity (Wildman–Crippen MR) is 133 cm³/mol. The molecule has 3 aromatic carbocycles. The Morgan fingerprint density at radius 1 is 1.09 bits per heavy atom. The van der Waals surface area contributed by atoms with Gasteiger partial charge in [-0.15, -0.1) is 0 Å². The quantitative estimate of drug-likeness (QED) is 0.367. The second-order valence-corrected chi connectivity index (χ2v) is 9.42. The van der Waals surface area contributed by atoms with E-state index in [2.05, 4.69) is 20.7 Å². The first-order chi connectivity index (χ1) is 15.2. The lowest BCUT2D eigenvalue weighted by molar-refractivity contribution is 0.0589. The van der Waals surface area contributed by atoms with Crippen molar-refractivity contribution >= 4 is 38.5 Å². The van der Waals surface area contributed by atoms with E-state index in [0.29, 0.717) is 12.3 Å². The Labute approximate surface area is 198 Å². The number of nitrogens with zero attached hydrogens (tertiary/aromatic N) is 1. The van der Waals surface area contributed by atoms with Crippen LogP contribution in [0.3, 0.4) is 0 Å². The molecule has 0 bridgehead atoms. The minimum Gasteiger partial charge on any atom is -0.488 e. The lowest BCUT2D eigenvalue weighted by Crippen LogP contribution is -2.34. The van der Waals surface area contributed by atoms with Gasteiger partial charge in [-0.25, -0.2) is 4.79 Å². The minimum atomic E-state index is -0.572. The van der Waals surface area contributed by atoms with E-state index in [0.717, 1.165) is 45.3 Å². The van der Waals surface area contributed by atoms with Gasteiger partial charge in [0.2, 0.25) is 0 Å². The molecule has 0 atom stereocenters. The van der Waals surface area contributed by atoms with Crippen LogP contribution in [0, 0.1) is 6.92 Å². The van der Waals surface area contributed by atoms with Crippen molar-refractivity contribution in [2.75, 3.05) is 25.2 Å². The summed E-state index contributed by atoms with van der Waals surface area (Å²) in [6.07, 6.45) is -0.417. The first kappa shape index (κ1) is 24.1. The first-order valence-electron chi connectivity index (χ1n) is 10.6. The van der Waals surface area contributed by atoms with E-state index in [9.17, 15) is 4.79 Å². The molecule has 0 radical (unpaired) electrons. The van der Waals surface area contributed by atoms with Crippen molar-refractivity contribution in [3.63, 3.8) is 0 Å². The molecule has 5 nitrogen and oxygen atoms in total. The third-order valence-corrected chi connectivity index (χ3v) is 5.52. The van der Waals surface area contributed by atoms with E-state index in [-0.39, 0.29) is 0 Å². The third-order valence-electron chi connectivity index (χ3n) is 4.72. The van der Waals surface area contributed by atoms with Gasteiger partial charge in [0.05, 0.1) is 18.9 Å². The number of carbonyl (C=O) groups excluding carboxylic acids is 1. The Hall–Kier alpha value is -2.57. The number of epoxide rings is 1. The molecule has 32 heavy (non-hydrogen) atoms. The Balaban J connectivity index is 0.000000887. The van der Waals surface area contributed by atoms with Crippen LogP contribution in [-0.2, 0) is 16.1 Å². The summed E-state index contributed by atoms with van der Waals surface area (Å²) in [5, 5.41) is 2.01. The van der Waals surface area contributed by atoms with Gasteiger partial charge < -0.3 is 14.2 Å². The van der Waals surface area contributed by atoms with Crippen molar-refractivity contribution in [1.82, 2.24) is 0 Å². The standard InChI is InChI=1S/C24H26BrNO3.C2H4O/c1-16-10-9-13-18-20(28-15-17-11-7-6-8-12-17)14-19(22(25)21(16)18)26(5)23(27)29-24(2,3)4;1-2-3-1/h6-14H,15H2,1-5H3;1-2H2. The molecule has 0 unspecified atom stereocenters. The summed E-state index contributed by atoms with van der Waals surface area (Å²) in [6, 6.07) is 18.0. The Morgan fingerprint density at radius 2 is 1.75 bits per heavy atom. The molecule has 170 valence electrons. The molecule has 1 saturated heterocycles. The van der Waals surface area contributed by atoms with E-state index in [1.807, 2.05) is 82.3 Å². The minimum absolute atomic E-state index is 0.417. The highest BCUT2D eigenvalue weighted by Gasteiger charge is 2.24. The summed E-state index contributed by atoms with van der Waals surface area (Å²) in [5.41, 5.74) is 2.30. The number of aryl methyl sites for hydroxylation is 1. The van der Waals surface area contributed by atoms with Crippen molar-refractivity contribution in [1.29, 1.82) is 0 Å². The second-order valence-electron chi connectivity index (χ2n) is 8.63. The van der Waals surface area contributed by atoms with Crippen LogP contribution >= 0.6 is 15.9 Å². The van der Waals surface area contributed by atoms with Gasteiger partial charge in [-0.05, 0) is 54.8 Å². The van der Waals surface area contributed by atoms with Crippen LogP contribution in [0.25, 0.3) is 10.8 Å². The summed E-state index contributed by atoms with van der Waals surface area (Å²) in [4.78, 5) is 14.2. The monoisotopic (exact) mass is 499 g/mol. The number of halogens is 1. The summed E-state index contributed by atoms with van der Waals surface area (Å²) >= 11 is 3.71. The van der Waals surface area contributed by atoms with Crippen molar-refractivity contribution in [3.05, 3.63) is 70.2 Å². The number of benzene rings is 3. The molecule has 0 aromatic heterocycles. The molecule has 1 aliphatic rings. The van der Waals surface area contributed by atoms with E-state index in [1.54, 1.807) is 7.05 Å². The summed E-state index contributed by atoms with van der Waals surface area (Å²) in [5.74, 6) is 0.723. The molecule has 0 N–H and O–H groups in total. The zero-order chi connectivity index (χ0) is 23.3. The molecular weight excluding hydrogens is 470 g/mol. The van der Waals surface area contributed by atoms with Gasteiger partial charge in [-0.2, -0.15) is 0 Å². The normalized spacial score (nSPS) is 12.6. The average Bonchev–Trinajstić information content (AvgIpc) is 3.62. The highest BCUT2D eigenvalue weighted by molar-refractivity contribution is 9.10. The lowest BCUT2D eigenvalue weighted by atomic mass is 10.0. The van der Waals surface area contributed by atoms with Gasteiger partial charge in [0.1, 0.15) is 18.0 Å². The van der Waals surface area contributed by atoms with Crippen LogP contribution in [0.4, 0.5) is 10.5 Å². The van der Waals surface area contributed by atoms with Crippen LogP contribution in [0.5, 0.6) is 5.75 Å². The van der Waals surface area contributed by atoms with Crippen molar-refractivity contribution < 1.29 is 19.0 Å². The van der Waals surface area contributed by atoms with Crippen LogP contribution in [-0.4, -0.2) is 32.0 Å². The van der Waals surface area contributed by atoms with Crippen molar-refractivity contribution in [2.45, 2.75) is 39.9 Å². The smallest absolute Gasteiger partial charge is 0.414 e. The molecule has 0 spiro atoms. The molecule has 6 heteroatoms. The van der Waals surface area contributed by atoms with E-state index in [1.165, 1.54) is 4.90 Å². The number of hydrogen-bond donors (Lipinski definition) is 0. The number of ether oxygens (including phenoxy) is 3. The fraction of sp³-hybridized carbons (Fsp3) is 0.346. The fourth-order valence-electron chi connectivity index (χ4n) is 3.09. The highest BCUT2D eigenvalue weighted by Crippen LogP contribution is 2.41. The van der Waals surface area contributed by atoms with Crippen LogP contribution < -0.4 is 9.64 Å². The Kier molecular flexibility index (Phi) is 7.80. The van der Waals surface area contributed by atoms with Crippen LogP contribution in [0.2, 0.25) is 0 Å². The van der Waals surface area contributed by atoms with Gasteiger partial charge >= 0.3 is 6.09 Å². The maximum atomic E-state index is 12.7.